The van der Waals surface area contributed by atoms with Crippen LogP contribution < -0.4 is 0 Å². The van der Waals surface area contributed by atoms with Crippen LogP contribution in [-0.4, -0.2) is 6.61 Å². The van der Waals surface area contributed by atoms with E-state index in [9.17, 15) is 0 Å². The number of benzene rings is 1. The molecule has 0 unspecified atom stereocenters. The van der Waals surface area contributed by atoms with Crippen LogP contribution in [0.4, 0.5) is 0 Å². The van der Waals surface area contributed by atoms with Crippen molar-refractivity contribution in [2.75, 3.05) is 6.61 Å². The Kier molecular flexibility index (Phi) is 4.57. The fourth-order valence-electron chi connectivity index (χ4n) is 0.778. The summed E-state index contributed by atoms with van der Waals surface area (Å²) in [6, 6.07) is 10.2. The summed E-state index contributed by atoms with van der Waals surface area (Å²) in [5.74, 6) is 0. The lowest BCUT2D eigenvalue weighted by atomic mass is 10.2. The molecule has 0 bridgehead atoms. The van der Waals surface area contributed by atoms with E-state index < -0.39 is 0 Å². The van der Waals surface area contributed by atoms with Crippen molar-refractivity contribution in [3.05, 3.63) is 41.3 Å². The van der Waals surface area contributed by atoms with Crippen molar-refractivity contribution in [2.45, 2.75) is 6.92 Å². The lowest BCUT2D eigenvalue weighted by Crippen LogP contribution is -1.72. The van der Waals surface area contributed by atoms with E-state index in [0.29, 0.717) is 0 Å². The van der Waals surface area contributed by atoms with Crippen LogP contribution in [0, 0.1) is 0 Å². The normalized spacial score (nSPS) is 10.8. The Morgan fingerprint density at radius 2 is 2.08 bits per heavy atom. The zero-order chi connectivity index (χ0) is 8.65. The van der Waals surface area contributed by atoms with E-state index in [0.717, 1.165) is 6.61 Å². The van der Waals surface area contributed by atoms with Gasteiger partial charge in [-0.2, -0.15) is 0 Å². The maximum atomic E-state index is 5.09. The molecule has 0 fully saturated rings. The maximum absolute atomic E-state index is 5.09. The zero-order valence-corrected chi connectivity index (χ0v) is 7.88. The molecule has 1 rings (SSSR count). The number of hydrogen-bond donors (Lipinski definition) is 0. The summed E-state index contributed by atoms with van der Waals surface area (Å²) in [7, 11) is 0. The first-order valence-electron chi connectivity index (χ1n) is 3.93. The molecule has 0 radical (unpaired) electrons. The van der Waals surface area contributed by atoms with E-state index in [1.54, 1.807) is 0 Å². The second-order valence-corrected chi connectivity index (χ2v) is 2.92. The van der Waals surface area contributed by atoms with Crippen LogP contribution in [0.5, 0.6) is 0 Å². The van der Waals surface area contributed by atoms with Gasteiger partial charge in [-0.15, -0.1) is 0 Å². The van der Waals surface area contributed by atoms with Crippen molar-refractivity contribution in [3.8, 4) is 0 Å². The minimum absolute atomic E-state index is 0.740. The minimum atomic E-state index is 0.740. The Morgan fingerprint density at radius 1 is 1.33 bits per heavy atom. The summed E-state index contributed by atoms with van der Waals surface area (Å²) in [6.07, 6.45) is 2.03. The van der Waals surface area contributed by atoms with Gasteiger partial charge in [0.25, 0.3) is 0 Å². The molecule has 12 heavy (non-hydrogen) atoms. The number of hydrogen-bond acceptors (Lipinski definition) is 2. The standard InChI is InChI=1S/C10H12OS/c1-2-11-12-9-8-10-6-4-3-5-7-10/h3-9H,2H2,1H3. The second-order valence-electron chi connectivity index (χ2n) is 2.22. The summed E-state index contributed by atoms with van der Waals surface area (Å²) < 4.78 is 5.09. The highest BCUT2D eigenvalue weighted by Crippen LogP contribution is 2.08. The van der Waals surface area contributed by atoms with Gasteiger partial charge in [0.15, 0.2) is 0 Å². The van der Waals surface area contributed by atoms with Gasteiger partial charge < -0.3 is 4.18 Å². The SMILES string of the molecule is CCOSC=Cc1ccccc1. The van der Waals surface area contributed by atoms with Gasteiger partial charge in [0.2, 0.25) is 0 Å². The molecule has 0 atom stereocenters. The molecule has 0 spiro atoms. The quantitative estimate of drug-likeness (QED) is 0.519. The van der Waals surface area contributed by atoms with Gasteiger partial charge in [-0.25, -0.2) is 0 Å². The van der Waals surface area contributed by atoms with Crippen molar-refractivity contribution in [1.82, 2.24) is 0 Å². The highest BCUT2D eigenvalue weighted by Gasteiger charge is 1.82. The van der Waals surface area contributed by atoms with Crippen LogP contribution in [0.2, 0.25) is 0 Å². The minimum Gasteiger partial charge on any atom is -0.311 e. The molecule has 0 aromatic heterocycles. The molecule has 2 heteroatoms. The highest BCUT2D eigenvalue weighted by atomic mass is 32.2. The summed E-state index contributed by atoms with van der Waals surface area (Å²) in [6.45, 7) is 2.72. The third kappa shape index (κ3) is 3.60. The molecule has 1 aromatic rings. The third-order valence-electron chi connectivity index (χ3n) is 1.30. The van der Waals surface area contributed by atoms with E-state index in [2.05, 4.69) is 12.1 Å². The van der Waals surface area contributed by atoms with Gasteiger partial charge in [-0.1, -0.05) is 30.3 Å². The molecule has 0 aliphatic rings. The summed E-state index contributed by atoms with van der Waals surface area (Å²) in [5.41, 5.74) is 1.20. The summed E-state index contributed by atoms with van der Waals surface area (Å²) in [5, 5.41) is 1.94. The number of rotatable bonds is 4. The lowest BCUT2D eigenvalue weighted by Gasteiger charge is -1.92. The first-order chi connectivity index (χ1) is 5.93. The fourth-order valence-corrected chi connectivity index (χ4v) is 1.21. The van der Waals surface area contributed by atoms with Crippen LogP contribution in [-0.2, 0) is 4.18 Å². The average Bonchev–Trinajstić information content (AvgIpc) is 2.14. The Hall–Kier alpha value is -0.730. The van der Waals surface area contributed by atoms with Crippen LogP contribution in [0.25, 0.3) is 6.08 Å². The van der Waals surface area contributed by atoms with Gasteiger partial charge in [-0.3, -0.25) is 0 Å². The second kappa shape index (κ2) is 5.86. The summed E-state index contributed by atoms with van der Waals surface area (Å²) >= 11 is 1.37. The van der Waals surface area contributed by atoms with Crippen molar-refractivity contribution in [2.24, 2.45) is 0 Å². The maximum Gasteiger partial charge on any atom is 0.0590 e. The Morgan fingerprint density at radius 3 is 2.75 bits per heavy atom. The van der Waals surface area contributed by atoms with Crippen LogP contribution in [0.15, 0.2) is 35.7 Å². The van der Waals surface area contributed by atoms with Crippen LogP contribution in [0.3, 0.4) is 0 Å². The van der Waals surface area contributed by atoms with E-state index in [1.165, 1.54) is 17.6 Å². The summed E-state index contributed by atoms with van der Waals surface area (Å²) in [4.78, 5) is 0. The molecule has 0 aliphatic heterocycles. The molecule has 0 heterocycles. The van der Waals surface area contributed by atoms with Crippen LogP contribution >= 0.6 is 12.0 Å². The van der Waals surface area contributed by atoms with Crippen molar-refractivity contribution >= 4 is 18.1 Å². The van der Waals surface area contributed by atoms with E-state index in [-0.39, 0.29) is 0 Å². The topological polar surface area (TPSA) is 9.23 Å². The molecule has 1 nitrogen and oxygen atoms in total. The average molecular weight is 180 g/mol. The van der Waals surface area contributed by atoms with Gasteiger partial charge in [0, 0.05) is 12.0 Å². The fraction of sp³-hybridized carbons (Fsp3) is 0.200. The predicted molar refractivity (Wildman–Crippen MR) is 54.7 cm³/mol. The highest BCUT2D eigenvalue weighted by molar-refractivity contribution is 7.97. The van der Waals surface area contributed by atoms with Crippen LogP contribution in [0.1, 0.15) is 12.5 Å². The largest absolute Gasteiger partial charge is 0.311 e. The van der Waals surface area contributed by atoms with Crippen molar-refractivity contribution in [3.63, 3.8) is 0 Å². The molecule has 1 aromatic carbocycles. The Balaban J connectivity index is 2.36. The van der Waals surface area contributed by atoms with E-state index in [4.69, 9.17) is 4.18 Å². The molecule has 0 aliphatic carbocycles. The lowest BCUT2D eigenvalue weighted by molar-refractivity contribution is 0.405. The Bertz CT molecular complexity index is 231. The smallest absolute Gasteiger partial charge is 0.0590 e. The molecule has 0 N–H and O–H groups in total. The van der Waals surface area contributed by atoms with Gasteiger partial charge in [-0.05, 0) is 24.0 Å². The molecule has 0 amide bonds. The van der Waals surface area contributed by atoms with Crippen molar-refractivity contribution in [1.29, 1.82) is 0 Å². The van der Waals surface area contributed by atoms with Gasteiger partial charge in [0.05, 0.1) is 6.61 Å². The molecule has 0 saturated heterocycles. The molecular weight excluding hydrogens is 168 g/mol. The monoisotopic (exact) mass is 180 g/mol. The molecule has 0 saturated carbocycles. The molecule has 64 valence electrons. The Labute approximate surface area is 77.6 Å². The van der Waals surface area contributed by atoms with Gasteiger partial charge in [0.1, 0.15) is 0 Å². The van der Waals surface area contributed by atoms with E-state index in [1.807, 2.05) is 36.6 Å². The first-order valence-corrected chi connectivity index (χ1v) is 4.74. The zero-order valence-electron chi connectivity index (χ0n) is 7.07. The molecular formula is C10H12OS. The predicted octanol–water partition coefficient (Wildman–Crippen LogP) is 3.34. The first kappa shape index (κ1) is 9.36. The van der Waals surface area contributed by atoms with E-state index >= 15 is 0 Å². The third-order valence-corrected chi connectivity index (χ3v) is 1.92. The van der Waals surface area contributed by atoms with Gasteiger partial charge >= 0.3 is 0 Å². The van der Waals surface area contributed by atoms with Crippen molar-refractivity contribution < 1.29 is 4.18 Å².